The van der Waals surface area contributed by atoms with Crippen LogP contribution in [-0.2, 0) is 23.9 Å². The average molecular weight is 349 g/mol. The van der Waals surface area contributed by atoms with Crippen LogP contribution in [0.3, 0.4) is 0 Å². The average Bonchev–Trinajstić information content (AvgIpc) is 2.90. The number of rotatable bonds is 5. The third-order valence-corrected chi connectivity index (χ3v) is 4.34. The molecule has 0 aliphatic carbocycles. The highest BCUT2D eigenvalue weighted by Gasteiger charge is 2.66. The molecule has 1 N–H and O–H groups in total. The van der Waals surface area contributed by atoms with E-state index in [4.69, 9.17) is 9.47 Å². The lowest BCUT2D eigenvalue weighted by Gasteiger charge is -2.37. The first-order valence-corrected chi connectivity index (χ1v) is 8.28. The molecule has 0 radical (unpaired) electrons. The maximum Gasteiger partial charge on any atom is 0.344 e. The Morgan fingerprint density at radius 2 is 1.64 bits per heavy atom. The van der Waals surface area contributed by atoms with Crippen molar-refractivity contribution in [2.75, 3.05) is 13.2 Å². The zero-order valence-electron chi connectivity index (χ0n) is 14.6. The number of aliphatic hydroxyl groups excluding tert-OH is 1. The maximum absolute atomic E-state index is 12.9. The van der Waals surface area contributed by atoms with Gasteiger partial charge >= 0.3 is 11.9 Å². The van der Waals surface area contributed by atoms with Crippen LogP contribution >= 0.6 is 0 Å². The predicted octanol–water partition coefficient (Wildman–Crippen LogP) is 1.21. The van der Waals surface area contributed by atoms with Gasteiger partial charge in [-0.15, -0.1) is 0 Å². The highest BCUT2D eigenvalue weighted by Crippen LogP contribution is 2.46. The fraction of sp³-hybridized carbons (Fsp3) is 0.500. The molecule has 7 nitrogen and oxygen atoms in total. The lowest BCUT2D eigenvalue weighted by molar-refractivity contribution is -0.182. The molecule has 136 valence electrons. The number of hydrogen-bond acceptors (Lipinski definition) is 6. The standard InChI is InChI=1S/C18H23NO6/c1-4-24-16(22)18(17(23)25-5-2)14(13-9-7-6-8-10-13)11-15(21)19(18)12(3)20/h6-10,14-15,21H,4-5,11H2,1-3H3/t14-,15+/m1/s1. The summed E-state index contributed by atoms with van der Waals surface area (Å²) in [5.74, 6) is -3.17. The molecule has 1 amide bonds. The molecule has 1 fully saturated rings. The van der Waals surface area contributed by atoms with Crippen LogP contribution in [0.1, 0.15) is 38.7 Å². The fourth-order valence-electron chi connectivity index (χ4n) is 3.46. The van der Waals surface area contributed by atoms with E-state index in [2.05, 4.69) is 0 Å². The predicted molar refractivity (Wildman–Crippen MR) is 88.3 cm³/mol. The largest absolute Gasteiger partial charge is 0.464 e. The molecule has 0 unspecified atom stereocenters. The summed E-state index contributed by atoms with van der Waals surface area (Å²) in [5.41, 5.74) is -1.40. The Kier molecular flexibility index (Phi) is 5.79. The van der Waals surface area contributed by atoms with Crippen LogP contribution in [0.15, 0.2) is 30.3 Å². The van der Waals surface area contributed by atoms with Crippen molar-refractivity contribution < 1.29 is 29.0 Å². The van der Waals surface area contributed by atoms with Crippen molar-refractivity contribution >= 4 is 17.8 Å². The second kappa shape index (κ2) is 7.65. The Morgan fingerprint density at radius 1 is 1.12 bits per heavy atom. The van der Waals surface area contributed by atoms with Crippen LogP contribution in [0.4, 0.5) is 0 Å². The summed E-state index contributed by atoms with van der Waals surface area (Å²) in [5, 5.41) is 10.5. The van der Waals surface area contributed by atoms with E-state index in [0.29, 0.717) is 5.56 Å². The van der Waals surface area contributed by atoms with Crippen LogP contribution in [0, 0.1) is 0 Å². The van der Waals surface area contributed by atoms with Gasteiger partial charge in [0.05, 0.1) is 13.2 Å². The van der Waals surface area contributed by atoms with Gasteiger partial charge in [-0.3, -0.25) is 9.69 Å². The van der Waals surface area contributed by atoms with Crippen molar-refractivity contribution in [3.05, 3.63) is 35.9 Å². The molecule has 1 aromatic rings. The first-order valence-electron chi connectivity index (χ1n) is 8.28. The van der Waals surface area contributed by atoms with Gasteiger partial charge in [0.25, 0.3) is 0 Å². The third kappa shape index (κ3) is 3.11. The number of likely N-dealkylation sites (tertiary alicyclic amines) is 1. The van der Waals surface area contributed by atoms with Crippen LogP contribution < -0.4 is 0 Å². The minimum absolute atomic E-state index is 0.0290. The number of carbonyl (C=O) groups excluding carboxylic acids is 3. The fourth-order valence-corrected chi connectivity index (χ4v) is 3.46. The molecule has 1 saturated heterocycles. The van der Waals surface area contributed by atoms with Gasteiger partial charge in [-0.2, -0.15) is 0 Å². The molecule has 1 heterocycles. The molecule has 2 atom stereocenters. The third-order valence-electron chi connectivity index (χ3n) is 4.34. The van der Waals surface area contributed by atoms with Crippen molar-refractivity contribution in [2.24, 2.45) is 0 Å². The van der Waals surface area contributed by atoms with E-state index >= 15 is 0 Å². The van der Waals surface area contributed by atoms with Gasteiger partial charge in [0, 0.05) is 19.3 Å². The number of ether oxygens (including phenoxy) is 2. The normalized spacial score (nSPS) is 21.7. The number of aliphatic hydroxyl groups is 1. The van der Waals surface area contributed by atoms with Gasteiger partial charge in [0.15, 0.2) is 0 Å². The molecular formula is C18H23NO6. The van der Waals surface area contributed by atoms with Gasteiger partial charge < -0.3 is 14.6 Å². The number of esters is 2. The molecule has 0 bridgehead atoms. The minimum atomic E-state index is -2.04. The quantitative estimate of drug-likeness (QED) is 0.634. The molecule has 0 saturated carbocycles. The summed E-state index contributed by atoms with van der Waals surface area (Å²) < 4.78 is 10.3. The van der Waals surface area contributed by atoms with E-state index in [1.54, 1.807) is 44.2 Å². The summed E-state index contributed by atoms with van der Waals surface area (Å²) >= 11 is 0. The first-order chi connectivity index (χ1) is 11.9. The van der Waals surface area contributed by atoms with E-state index in [-0.39, 0.29) is 19.6 Å². The Bertz CT molecular complexity index is 626. The summed E-state index contributed by atoms with van der Waals surface area (Å²) in [4.78, 5) is 38.9. The van der Waals surface area contributed by atoms with Crippen LogP contribution in [-0.4, -0.2) is 52.8 Å². The first kappa shape index (κ1) is 18.9. The van der Waals surface area contributed by atoms with Crippen LogP contribution in [0.5, 0.6) is 0 Å². The van der Waals surface area contributed by atoms with Gasteiger partial charge in [0.1, 0.15) is 6.23 Å². The molecule has 1 aliphatic heterocycles. The Balaban J connectivity index is 2.69. The number of carbonyl (C=O) groups is 3. The lowest BCUT2D eigenvalue weighted by Crippen LogP contribution is -2.63. The number of hydrogen-bond donors (Lipinski definition) is 1. The van der Waals surface area contributed by atoms with Crippen LogP contribution in [0.25, 0.3) is 0 Å². The highest BCUT2D eigenvalue weighted by atomic mass is 16.6. The van der Waals surface area contributed by atoms with Crippen molar-refractivity contribution in [1.29, 1.82) is 0 Å². The van der Waals surface area contributed by atoms with E-state index in [1.165, 1.54) is 6.92 Å². The summed E-state index contributed by atoms with van der Waals surface area (Å²) in [6, 6.07) is 8.81. The summed E-state index contributed by atoms with van der Waals surface area (Å²) in [6.07, 6.45) is -1.27. The molecule has 0 spiro atoms. The molecule has 1 aromatic carbocycles. The molecule has 2 rings (SSSR count). The summed E-state index contributed by atoms with van der Waals surface area (Å²) in [6.45, 7) is 4.48. The van der Waals surface area contributed by atoms with E-state index < -0.39 is 35.5 Å². The molecule has 7 heteroatoms. The van der Waals surface area contributed by atoms with Crippen LogP contribution in [0.2, 0.25) is 0 Å². The Hall–Kier alpha value is -2.41. The molecular weight excluding hydrogens is 326 g/mol. The smallest absolute Gasteiger partial charge is 0.344 e. The van der Waals surface area contributed by atoms with Crippen molar-refractivity contribution in [3.8, 4) is 0 Å². The Labute approximate surface area is 146 Å². The molecule has 0 aromatic heterocycles. The van der Waals surface area contributed by atoms with Gasteiger partial charge in [0.2, 0.25) is 11.4 Å². The van der Waals surface area contributed by atoms with Crippen molar-refractivity contribution in [3.63, 3.8) is 0 Å². The monoisotopic (exact) mass is 349 g/mol. The lowest BCUT2D eigenvalue weighted by atomic mass is 9.79. The zero-order chi connectivity index (χ0) is 18.6. The SMILES string of the molecule is CCOC(=O)C1(C(=O)OCC)[C@@H](c2ccccc2)C[C@H](O)N1C(C)=O. The van der Waals surface area contributed by atoms with Crippen molar-refractivity contribution in [2.45, 2.75) is 44.9 Å². The number of benzene rings is 1. The maximum atomic E-state index is 12.9. The van der Waals surface area contributed by atoms with Gasteiger partial charge in [-0.25, -0.2) is 9.59 Å². The number of amides is 1. The van der Waals surface area contributed by atoms with Crippen molar-refractivity contribution in [1.82, 2.24) is 4.90 Å². The Morgan fingerprint density at radius 3 is 2.08 bits per heavy atom. The zero-order valence-corrected chi connectivity index (χ0v) is 14.6. The molecule has 25 heavy (non-hydrogen) atoms. The van der Waals surface area contributed by atoms with Gasteiger partial charge in [-0.1, -0.05) is 30.3 Å². The molecule has 1 aliphatic rings. The van der Waals surface area contributed by atoms with E-state index in [0.717, 1.165) is 4.90 Å². The summed E-state index contributed by atoms with van der Waals surface area (Å²) in [7, 11) is 0. The second-order valence-corrected chi connectivity index (χ2v) is 5.78. The van der Waals surface area contributed by atoms with E-state index in [1.807, 2.05) is 0 Å². The topological polar surface area (TPSA) is 93.1 Å². The highest BCUT2D eigenvalue weighted by molar-refractivity contribution is 6.09. The second-order valence-electron chi connectivity index (χ2n) is 5.78. The van der Waals surface area contributed by atoms with E-state index in [9.17, 15) is 19.5 Å². The van der Waals surface area contributed by atoms with Gasteiger partial charge in [-0.05, 0) is 19.4 Å². The minimum Gasteiger partial charge on any atom is -0.464 e. The number of nitrogens with zero attached hydrogens (tertiary/aromatic N) is 1.